The monoisotopic (exact) mass is 185 g/mol. The van der Waals surface area contributed by atoms with Crippen molar-refractivity contribution in [2.45, 2.75) is 31.3 Å². The lowest BCUT2D eigenvalue weighted by Gasteiger charge is -2.39. The number of carboxylic acid groups (broad SMARTS) is 1. The van der Waals surface area contributed by atoms with Gasteiger partial charge in [0.05, 0.1) is 13.2 Å². The Morgan fingerprint density at radius 3 is 2.54 bits per heavy atom. The third-order valence-corrected chi connectivity index (χ3v) is 2.81. The van der Waals surface area contributed by atoms with Crippen LogP contribution in [0.15, 0.2) is 0 Å². The van der Waals surface area contributed by atoms with E-state index in [1.54, 1.807) is 0 Å². The first kappa shape index (κ1) is 8.97. The zero-order valence-corrected chi connectivity index (χ0v) is 7.53. The zero-order valence-electron chi connectivity index (χ0n) is 7.53. The van der Waals surface area contributed by atoms with Gasteiger partial charge in [-0.3, -0.25) is 4.79 Å². The number of aliphatic carboxylic acids is 1. The van der Waals surface area contributed by atoms with Crippen LogP contribution >= 0.6 is 0 Å². The number of hydrogen-bond acceptors (Lipinski definition) is 3. The van der Waals surface area contributed by atoms with Gasteiger partial charge in [-0.15, -0.1) is 0 Å². The number of nitrogens with one attached hydrogen (secondary N) is 1. The number of hydrogen-bond donors (Lipinski definition) is 2. The molecular formula is C9H15NO3. The number of carbonyl (C=O) groups is 1. The van der Waals surface area contributed by atoms with Crippen molar-refractivity contribution in [3.63, 3.8) is 0 Å². The van der Waals surface area contributed by atoms with Crippen molar-refractivity contribution in [3.05, 3.63) is 0 Å². The summed E-state index contributed by atoms with van der Waals surface area (Å²) in [7, 11) is 0. The highest BCUT2D eigenvalue weighted by molar-refractivity contribution is 5.67. The molecule has 0 spiro atoms. The van der Waals surface area contributed by atoms with E-state index in [1.807, 2.05) is 0 Å². The minimum atomic E-state index is -0.675. The zero-order chi connectivity index (χ0) is 9.26. The smallest absolute Gasteiger partial charge is 0.303 e. The van der Waals surface area contributed by atoms with E-state index in [0.29, 0.717) is 24.4 Å². The predicted octanol–water partition coefficient (Wildman–Crippen LogP) is 0.228. The van der Waals surface area contributed by atoms with Gasteiger partial charge >= 0.3 is 5.97 Å². The molecule has 74 valence electrons. The summed E-state index contributed by atoms with van der Waals surface area (Å²) in [4.78, 5) is 10.5. The summed E-state index contributed by atoms with van der Waals surface area (Å²) in [5.41, 5.74) is 0. The van der Waals surface area contributed by atoms with Crippen LogP contribution < -0.4 is 5.32 Å². The third-order valence-electron chi connectivity index (χ3n) is 2.81. The molecule has 2 fully saturated rings. The summed E-state index contributed by atoms with van der Waals surface area (Å²) in [5, 5.41) is 12.1. The Labute approximate surface area is 77.3 Å². The van der Waals surface area contributed by atoms with Gasteiger partial charge < -0.3 is 15.2 Å². The fourth-order valence-corrected chi connectivity index (χ4v) is 2.37. The first-order valence-electron chi connectivity index (χ1n) is 4.79. The molecule has 2 rings (SSSR count). The number of ether oxygens (including phenoxy) is 1. The lowest BCUT2D eigenvalue weighted by molar-refractivity contribution is -0.138. The first-order valence-corrected chi connectivity index (χ1v) is 4.79. The maximum absolute atomic E-state index is 10.5. The SMILES string of the molecule is O=C(O)CC1C[C@@H]2COC[C@@H](C1)N2. The Morgan fingerprint density at radius 1 is 1.38 bits per heavy atom. The first-order chi connectivity index (χ1) is 6.24. The molecule has 0 radical (unpaired) electrons. The van der Waals surface area contributed by atoms with Gasteiger partial charge in [-0.05, 0) is 18.8 Å². The van der Waals surface area contributed by atoms with Crippen LogP contribution in [0.5, 0.6) is 0 Å². The van der Waals surface area contributed by atoms with Crippen LogP contribution in [0.1, 0.15) is 19.3 Å². The van der Waals surface area contributed by atoms with Crippen molar-refractivity contribution >= 4 is 5.97 Å². The van der Waals surface area contributed by atoms with E-state index in [-0.39, 0.29) is 0 Å². The highest BCUT2D eigenvalue weighted by Gasteiger charge is 2.32. The highest BCUT2D eigenvalue weighted by Crippen LogP contribution is 2.26. The van der Waals surface area contributed by atoms with Gasteiger partial charge in [0.2, 0.25) is 0 Å². The molecule has 0 aliphatic carbocycles. The molecule has 2 saturated heterocycles. The van der Waals surface area contributed by atoms with Gasteiger partial charge in [-0.2, -0.15) is 0 Å². The molecule has 0 unspecified atom stereocenters. The molecule has 2 bridgehead atoms. The van der Waals surface area contributed by atoms with Crippen LogP contribution in [0.25, 0.3) is 0 Å². The number of fused-ring (bicyclic) bond motifs is 2. The summed E-state index contributed by atoms with van der Waals surface area (Å²) in [6, 6.07) is 0.772. The lowest BCUT2D eigenvalue weighted by atomic mass is 9.85. The van der Waals surface area contributed by atoms with Crippen molar-refractivity contribution in [2.24, 2.45) is 5.92 Å². The Bertz CT molecular complexity index is 195. The van der Waals surface area contributed by atoms with E-state index >= 15 is 0 Å². The molecule has 13 heavy (non-hydrogen) atoms. The van der Waals surface area contributed by atoms with E-state index in [1.165, 1.54) is 0 Å². The minimum absolute atomic E-state index is 0.314. The maximum Gasteiger partial charge on any atom is 0.303 e. The summed E-state index contributed by atoms with van der Waals surface area (Å²) >= 11 is 0. The second kappa shape index (κ2) is 3.64. The van der Waals surface area contributed by atoms with E-state index in [9.17, 15) is 4.79 Å². The Kier molecular flexibility index (Phi) is 2.51. The normalized spacial score (nSPS) is 38.6. The second-order valence-electron chi connectivity index (χ2n) is 4.03. The molecule has 0 aromatic rings. The molecule has 2 N–H and O–H groups in total. The van der Waals surface area contributed by atoms with Crippen molar-refractivity contribution in [1.29, 1.82) is 0 Å². The number of rotatable bonds is 2. The molecule has 2 aliphatic rings. The van der Waals surface area contributed by atoms with E-state index in [0.717, 1.165) is 26.1 Å². The number of piperidine rings is 1. The fraction of sp³-hybridized carbons (Fsp3) is 0.889. The van der Waals surface area contributed by atoms with Gasteiger partial charge in [-0.25, -0.2) is 0 Å². The predicted molar refractivity (Wildman–Crippen MR) is 46.5 cm³/mol. The molecule has 4 nitrogen and oxygen atoms in total. The minimum Gasteiger partial charge on any atom is -0.481 e. The van der Waals surface area contributed by atoms with Crippen LogP contribution in [0.4, 0.5) is 0 Å². The van der Waals surface area contributed by atoms with Gasteiger partial charge in [0.25, 0.3) is 0 Å². The van der Waals surface area contributed by atoms with Crippen molar-refractivity contribution < 1.29 is 14.6 Å². The molecule has 4 heteroatoms. The van der Waals surface area contributed by atoms with Crippen molar-refractivity contribution in [3.8, 4) is 0 Å². The number of morpholine rings is 1. The molecular weight excluding hydrogens is 170 g/mol. The van der Waals surface area contributed by atoms with E-state index in [2.05, 4.69) is 5.32 Å². The Hall–Kier alpha value is -0.610. The molecule has 2 atom stereocenters. The molecule has 0 aromatic carbocycles. The summed E-state index contributed by atoms with van der Waals surface area (Å²) in [6.45, 7) is 1.49. The molecule has 0 aromatic heterocycles. The molecule has 0 amide bonds. The van der Waals surface area contributed by atoms with Crippen LogP contribution in [0.3, 0.4) is 0 Å². The summed E-state index contributed by atoms with van der Waals surface area (Å²) in [5.74, 6) is -0.330. The summed E-state index contributed by atoms with van der Waals surface area (Å²) < 4.78 is 5.38. The molecule has 0 saturated carbocycles. The van der Waals surface area contributed by atoms with Gasteiger partial charge in [0.1, 0.15) is 0 Å². The van der Waals surface area contributed by atoms with Crippen molar-refractivity contribution in [1.82, 2.24) is 5.32 Å². The molecule has 2 aliphatic heterocycles. The van der Waals surface area contributed by atoms with E-state index in [4.69, 9.17) is 9.84 Å². The van der Waals surface area contributed by atoms with Crippen LogP contribution in [-0.2, 0) is 9.53 Å². The lowest BCUT2D eigenvalue weighted by Crippen LogP contribution is -2.54. The largest absolute Gasteiger partial charge is 0.481 e. The maximum atomic E-state index is 10.5. The Balaban J connectivity index is 1.90. The quantitative estimate of drug-likeness (QED) is 0.646. The standard InChI is InChI=1S/C9H15NO3/c11-9(12)3-6-1-7-4-13-5-8(2-6)10-7/h6-8,10H,1-5H2,(H,11,12)/t7-,8-/m1/s1. The third kappa shape index (κ3) is 2.19. The van der Waals surface area contributed by atoms with Crippen LogP contribution in [-0.4, -0.2) is 36.4 Å². The Morgan fingerprint density at radius 2 is 2.00 bits per heavy atom. The average molecular weight is 185 g/mol. The average Bonchev–Trinajstić information content (AvgIpc) is 2.01. The van der Waals surface area contributed by atoms with E-state index < -0.39 is 5.97 Å². The van der Waals surface area contributed by atoms with Crippen LogP contribution in [0, 0.1) is 5.92 Å². The van der Waals surface area contributed by atoms with Crippen LogP contribution in [0.2, 0.25) is 0 Å². The van der Waals surface area contributed by atoms with Gasteiger partial charge in [0, 0.05) is 18.5 Å². The second-order valence-corrected chi connectivity index (χ2v) is 4.03. The van der Waals surface area contributed by atoms with Gasteiger partial charge in [0.15, 0.2) is 0 Å². The molecule has 2 heterocycles. The fourth-order valence-electron chi connectivity index (χ4n) is 2.37. The summed E-state index contributed by atoms with van der Waals surface area (Å²) in [6.07, 6.45) is 2.21. The number of carboxylic acids is 1. The topological polar surface area (TPSA) is 58.6 Å². The van der Waals surface area contributed by atoms with Crippen molar-refractivity contribution in [2.75, 3.05) is 13.2 Å². The highest BCUT2D eigenvalue weighted by atomic mass is 16.5. The van der Waals surface area contributed by atoms with Gasteiger partial charge in [-0.1, -0.05) is 0 Å².